The lowest BCUT2D eigenvalue weighted by Crippen LogP contribution is -2.38. The van der Waals surface area contributed by atoms with Gasteiger partial charge in [0.05, 0.1) is 19.1 Å². The van der Waals surface area contributed by atoms with Gasteiger partial charge in [-0.15, -0.1) is 0 Å². The number of nitrogens with one attached hydrogen (secondary N) is 1. The summed E-state index contributed by atoms with van der Waals surface area (Å²) in [6.45, 7) is 2.50. The van der Waals surface area contributed by atoms with Crippen LogP contribution >= 0.6 is 0 Å². The van der Waals surface area contributed by atoms with Crippen LogP contribution in [0.2, 0.25) is 0 Å². The van der Waals surface area contributed by atoms with Crippen LogP contribution in [0.1, 0.15) is 32.6 Å². The molecule has 1 aliphatic carbocycles. The highest BCUT2D eigenvalue weighted by atomic mass is 19.3. The summed E-state index contributed by atoms with van der Waals surface area (Å²) in [6.07, 6.45) is 1.21. The molecule has 0 radical (unpaired) electrons. The minimum atomic E-state index is -2.41. The Kier molecular flexibility index (Phi) is 7.90. The summed E-state index contributed by atoms with van der Waals surface area (Å²) in [5, 5.41) is 3.24. The van der Waals surface area contributed by atoms with Crippen molar-refractivity contribution in [2.75, 3.05) is 26.4 Å². The third-order valence-corrected chi connectivity index (χ3v) is 3.22. The SMILES string of the molecule is CCOC(=O)C1CCCC(NCCOCC(F)F)C1. The third kappa shape index (κ3) is 6.82. The van der Waals surface area contributed by atoms with E-state index >= 15 is 0 Å². The third-order valence-electron chi connectivity index (χ3n) is 3.22. The van der Waals surface area contributed by atoms with E-state index in [1.165, 1.54) is 0 Å². The van der Waals surface area contributed by atoms with Gasteiger partial charge in [0.25, 0.3) is 6.43 Å². The number of hydrogen-bond acceptors (Lipinski definition) is 4. The average Bonchev–Trinajstić information content (AvgIpc) is 2.38. The molecule has 0 heterocycles. The summed E-state index contributed by atoms with van der Waals surface area (Å²) in [6, 6.07) is 0.248. The van der Waals surface area contributed by atoms with E-state index in [4.69, 9.17) is 9.47 Å². The lowest BCUT2D eigenvalue weighted by atomic mass is 9.86. The Morgan fingerprint density at radius 2 is 2.21 bits per heavy atom. The van der Waals surface area contributed by atoms with Crippen molar-refractivity contribution >= 4 is 5.97 Å². The molecule has 1 aliphatic rings. The molecule has 0 aromatic heterocycles. The molecule has 2 atom stereocenters. The number of alkyl halides is 2. The van der Waals surface area contributed by atoms with Crippen molar-refractivity contribution in [1.29, 1.82) is 0 Å². The lowest BCUT2D eigenvalue weighted by Gasteiger charge is -2.28. The van der Waals surface area contributed by atoms with E-state index in [-0.39, 0.29) is 24.5 Å². The molecule has 0 saturated heterocycles. The van der Waals surface area contributed by atoms with Gasteiger partial charge in [-0.05, 0) is 26.2 Å². The van der Waals surface area contributed by atoms with Crippen LogP contribution in [0.25, 0.3) is 0 Å². The Morgan fingerprint density at radius 3 is 2.89 bits per heavy atom. The molecular formula is C13H23F2NO3. The highest BCUT2D eigenvalue weighted by molar-refractivity contribution is 5.72. The van der Waals surface area contributed by atoms with Gasteiger partial charge in [0, 0.05) is 12.6 Å². The summed E-state index contributed by atoms with van der Waals surface area (Å²) >= 11 is 0. The van der Waals surface area contributed by atoms with Crippen LogP contribution in [0.5, 0.6) is 0 Å². The van der Waals surface area contributed by atoms with Crippen LogP contribution in [0, 0.1) is 5.92 Å². The standard InChI is InChI=1S/C13H23F2NO3/c1-2-19-13(17)10-4-3-5-11(8-10)16-6-7-18-9-12(14)15/h10-12,16H,2-9H2,1H3. The van der Waals surface area contributed by atoms with Crippen LogP contribution < -0.4 is 5.32 Å². The second kappa shape index (κ2) is 9.20. The fourth-order valence-electron chi connectivity index (χ4n) is 2.36. The minimum absolute atomic E-state index is 0.0341. The van der Waals surface area contributed by atoms with Crippen LogP contribution in [0.15, 0.2) is 0 Å². The van der Waals surface area contributed by atoms with E-state index in [0.29, 0.717) is 13.2 Å². The number of carbonyl (C=O) groups is 1. The van der Waals surface area contributed by atoms with Crippen molar-refractivity contribution in [3.8, 4) is 0 Å². The molecule has 1 fully saturated rings. The first-order valence-electron chi connectivity index (χ1n) is 6.89. The normalized spacial score (nSPS) is 23.6. The van der Waals surface area contributed by atoms with Crippen LogP contribution in [-0.2, 0) is 14.3 Å². The van der Waals surface area contributed by atoms with E-state index in [9.17, 15) is 13.6 Å². The molecule has 112 valence electrons. The summed E-state index contributed by atoms with van der Waals surface area (Å²) in [4.78, 5) is 11.6. The van der Waals surface area contributed by atoms with Crippen LogP contribution in [0.4, 0.5) is 8.78 Å². The monoisotopic (exact) mass is 279 g/mol. The van der Waals surface area contributed by atoms with E-state index in [0.717, 1.165) is 25.7 Å². The van der Waals surface area contributed by atoms with Gasteiger partial charge in [0.15, 0.2) is 0 Å². The van der Waals surface area contributed by atoms with Gasteiger partial charge in [-0.25, -0.2) is 8.78 Å². The average molecular weight is 279 g/mol. The van der Waals surface area contributed by atoms with Gasteiger partial charge in [0.1, 0.15) is 6.61 Å². The molecule has 6 heteroatoms. The van der Waals surface area contributed by atoms with Crippen molar-refractivity contribution in [3.63, 3.8) is 0 Å². The minimum Gasteiger partial charge on any atom is -0.466 e. The fourth-order valence-corrected chi connectivity index (χ4v) is 2.36. The van der Waals surface area contributed by atoms with E-state index < -0.39 is 13.0 Å². The Hall–Kier alpha value is -0.750. The van der Waals surface area contributed by atoms with Crippen molar-refractivity contribution in [3.05, 3.63) is 0 Å². The predicted octanol–water partition coefficient (Wildman–Crippen LogP) is 1.98. The van der Waals surface area contributed by atoms with Crippen molar-refractivity contribution in [2.45, 2.75) is 45.1 Å². The smallest absolute Gasteiger partial charge is 0.308 e. The second-order valence-corrected chi connectivity index (χ2v) is 4.73. The number of carbonyl (C=O) groups excluding carboxylic acids is 1. The van der Waals surface area contributed by atoms with E-state index in [1.54, 1.807) is 6.92 Å². The van der Waals surface area contributed by atoms with Crippen LogP contribution in [0.3, 0.4) is 0 Å². The van der Waals surface area contributed by atoms with Gasteiger partial charge >= 0.3 is 5.97 Å². The molecule has 1 saturated carbocycles. The van der Waals surface area contributed by atoms with Gasteiger partial charge in [-0.1, -0.05) is 6.42 Å². The topological polar surface area (TPSA) is 47.6 Å². The van der Waals surface area contributed by atoms with Crippen molar-refractivity contribution in [1.82, 2.24) is 5.32 Å². The molecule has 1 rings (SSSR count). The quantitative estimate of drug-likeness (QED) is 0.545. The summed E-state index contributed by atoms with van der Waals surface area (Å²) in [5.41, 5.74) is 0. The zero-order valence-electron chi connectivity index (χ0n) is 11.4. The highest BCUT2D eigenvalue weighted by Crippen LogP contribution is 2.25. The molecule has 0 amide bonds. The van der Waals surface area contributed by atoms with Crippen LogP contribution in [-0.4, -0.2) is 44.8 Å². The molecule has 1 N–H and O–H groups in total. The van der Waals surface area contributed by atoms with Gasteiger partial charge < -0.3 is 14.8 Å². The van der Waals surface area contributed by atoms with Gasteiger partial charge in [0.2, 0.25) is 0 Å². The first kappa shape index (κ1) is 16.3. The molecule has 0 aromatic carbocycles. The summed E-state index contributed by atoms with van der Waals surface area (Å²) < 4.78 is 33.5. The molecule has 0 aromatic rings. The maximum atomic E-state index is 11.8. The van der Waals surface area contributed by atoms with Gasteiger partial charge in [-0.3, -0.25) is 4.79 Å². The molecule has 0 spiro atoms. The number of rotatable bonds is 8. The highest BCUT2D eigenvalue weighted by Gasteiger charge is 2.27. The van der Waals surface area contributed by atoms with E-state index in [1.807, 2.05) is 0 Å². The zero-order valence-corrected chi connectivity index (χ0v) is 11.4. The maximum Gasteiger partial charge on any atom is 0.308 e. The zero-order chi connectivity index (χ0) is 14.1. The molecule has 2 unspecified atom stereocenters. The molecule has 0 aliphatic heterocycles. The van der Waals surface area contributed by atoms with E-state index in [2.05, 4.69) is 5.32 Å². The van der Waals surface area contributed by atoms with Crippen molar-refractivity contribution in [2.24, 2.45) is 5.92 Å². The van der Waals surface area contributed by atoms with Gasteiger partial charge in [-0.2, -0.15) is 0 Å². The second-order valence-electron chi connectivity index (χ2n) is 4.73. The predicted molar refractivity (Wildman–Crippen MR) is 67.2 cm³/mol. The Balaban J connectivity index is 2.14. The number of esters is 1. The first-order valence-corrected chi connectivity index (χ1v) is 6.89. The Bertz CT molecular complexity index is 264. The largest absolute Gasteiger partial charge is 0.466 e. The van der Waals surface area contributed by atoms with Crippen molar-refractivity contribution < 1.29 is 23.0 Å². The maximum absolute atomic E-state index is 11.8. The molecule has 0 bridgehead atoms. The first-order chi connectivity index (χ1) is 9.13. The number of halogens is 2. The Labute approximate surface area is 112 Å². The fraction of sp³-hybridized carbons (Fsp3) is 0.923. The molecule has 4 nitrogen and oxygen atoms in total. The molecular weight excluding hydrogens is 256 g/mol. The number of ether oxygens (including phenoxy) is 2. The number of hydrogen-bond donors (Lipinski definition) is 1. The Morgan fingerprint density at radius 1 is 1.42 bits per heavy atom. The summed E-state index contributed by atoms with van der Waals surface area (Å²) in [5.74, 6) is -0.156. The summed E-state index contributed by atoms with van der Waals surface area (Å²) in [7, 11) is 0. The molecule has 19 heavy (non-hydrogen) atoms. The lowest BCUT2D eigenvalue weighted by molar-refractivity contribution is -0.149.